The number of nitrogens with zero attached hydrogens (tertiary/aromatic N) is 2. The van der Waals surface area contributed by atoms with Gasteiger partial charge in [0.1, 0.15) is 0 Å². The summed E-state index contributed by atoms with van der Waals surface area (Å²) in [4.78, 5) is 2.06. The Labute approximate surface area is 105 Å². The topological polar surface area (TPSA) is 57.9 Å². The Kier molecular flexibility index (Phi) is 3.36. The highest BCUT2D eigenvalue weighted by Crippen LogP contribution is 2.29. The summed E-state index contributed by atoms with van der Waals surface area (Å²) >= 11 is 5.87. The summed E-state index contributed by atoms with van der Waals surface area (Å²) in [5, 5.41) is 7.74. The van der Waals surface area contributed by atoms with Crippen molar-refractivity contribution >= 4 is 17.4 Å². The molecule has 0 bridgehead atoms. The molecule has 17 heavy (non-hydrogen) atoms. The minimum absolute atomic E-state index is 0.518. The Morgan fingerprint density at radius 1 is 1.29 bits per heavy atom. The predicted molar refractivity (Wildman–Crippen MR) is 70.8 cm³/mol. The van der Waals surface area contributed by atoms with E-state index in [9.17, 15) is 0 Å². The van der Waals surface area contributed by atoms with Gasteiger partial charge in [-0.3, -0.25) is 5.10 Å². The molecular weight excluding hydrogens is 236 g/mol. The van der Waals surface area contributed by atoms with Gasteiger partial charge < -0.3 is 10.6 Å². The van der Waals surface area contributed by atoms with Crippen molar-refractivity contribution in [3.05, 3.63) is 35.0 Å². The number of aromatic amines is 1. The second-order valence-electron chi connectivity index (χ2n) is 4.21. The van der Waals surface area contributed by atoms with Gasteiger partial charge in [-0.25, -0.2) is 0 Å². The van der Waals surface area contributed by atoms with E-state index in [1.165, 1.54) is 0 Å². The summed E-state index contributed by atoms with van der Waals surface area (Å²) in [6, 6.07) is 7.59. The third-order valence-corrected chi connectivity index (χ3v) is 2.73. The van der Waals surface area contributed by atoms with Gasteiger partial charge in [-0.1, -0.05) is 23.7 Å². The van der Waals surface area contributed by atoms with Gasteiger partial charge >= 0.3 is 0 Å². The van der Waals surface area contributed by atoms with Crippen molar-refractivity contribution < 1.29 is 0 Å². The number of anilines is 1. The van der Waals surface area contributed by atoms with Crippen LogP contribution < -0.4 is 5.73 Å². The standard InChI is InChI=1S/C12H15ClN4/c1-17(2)7-10-11(12(14)16-15-10)8-3-5-9(13)6-4-8/h3-6H,7H2,1-2H3,(H3,14,15,16). The van der Waals surface area contributed by atoms with Gasteiger partial charge in [0.15, 0.2) is 5.82 Å². The number of halogens is 1. The van der Waals surface area contributed by atoms with Crippen molar-refractivity contribution in [1.29, 1.82) is 0 Å². The van der Waals surface area contributed by atoms with Gasteiger partial charge in [0.25, 0.3) is 0 Å². The predicted octanol–water partition coefficient (Wildman–Crippen LogP) is 2.37. The van der Waals surface area contributed by atoms with Crippen LogP contribution in [-0.2, 0) is 6.54 Å². The van der Waals surface area contributed by atoms with Gasteiger partial charge in [-0.15, -0.1) is 0 Å². The van der Waals surface area contributed by atoms with Crippen LogP contribution in [0.5, 0.6) is 0 Å². The molecule has 5 heteroatoms. The molecule has 0 amide bonds. The Bertz CT molecular complexity index is 502. The molecule has 0 atom stereocenters. The van der Waals surface area contributed by atoms with Gasteiger partial charge in [-0.05, 0) is 31.8 Å². The highest BCUT2D eigenvalue weighted by atomic mass is 35.5. The first-order valence-electron chi connectivity index (χ1n) is 5.31. The molecule has 0 spiro atoms. The lowest BCUT2D eigenvalue weighted by Gasteiger charge is -2.10. The first-order valence-corrected chi connectivity index (χ1v) is 5.69. The quantitative estimate of drug-likeness (QED) is 0.879. The number of nitrogen functional groups attached to an aromatic ring is 1. The second kappa shape index (κ2) is 4.77. The van der Waals surface area contributed by atoms with Crippen LogP contribution in [-0.4, -0.2) is 29.2 Å². The van der Waals surface area contributed by atoms with Gasteiger partial charge in [0.2, 0.25) is 0 Å². The molecule has 0 fully saturated rings. The minimum Gasteiger partial charge on any atom is -0.382 e. The van der Waals surface area contributed by atoms with Crippen LogP contribution in [0.4, 0.5) is 5.82 Å². The van der Waals surface area contributed by atoms with Crippen molar-refractivity contribution in [2.45, 2.75) is 6.54 Å². The average molecular weight is 251 g/mol. The highest BCUT2D eigenvalue weighted by Gasteiger charge is 2.13. The van der Waals surface area contributed by atoms with Gasteiger partial charge in [0.05, 0.1) is 5.69 Å². The van der Waals surface area contributed by atoms with Crippen molar-refractivity contribution in [3.8, 4) is 11.1 Å². The van der Waals surface area contributed by atoms with Crippen LogP contribution in [0.3, 0.4) is 0 Å². The van der Waals surface area contributed by atoms with Crippen LogP contribution >= 0.6 is 11.6 Å². The number of H-pyrrole nitrogens is 1. The number of benzene rings is 1. The molecule has 1 heterocycles. The molecule has 0 aliphatic heterocycles. The Morgan fingerprint density at radius 2 is 1.94 bits per heavy atom. The first-order chi connectivity index (χ1) is 8.08. The van der Waals surface area contributed by atoms with Crippen LogP contribution in [0.15, 0.2) is 24.3 Å². The van der Waals surface area contributed by atoms with Crippen LogP contribution in [0.2, 0.25) is 5.02 Å². The van der Waals surface area contributed by atoms with Crippen molar-refractivity contribution in [3.63, 3.8) is 0 Å². The molecule has 90 valence electrons. The van der Waals surface area contributed by atoms with E-state index < -0.39 is 0 Å². The molecule has 0 unspecified atom stereocenters. The number of nitrogens with one attached hydrogen (secondary N) is 1. The maximum absolute atomic E-state index is 5.89. The minimum atomic E-state index is 0.518. The van der Waals surface area contributed by atoms with Gasteiger partial charge in [0, 0.05) is 17.1 Å². The molecule has 2 rings (SSSR count). The number of rotatable bonds is 3. The lowest BCUT2D eigenvalue weighted by atomic mass is 10.1. The van der Waals surface area contributed by atoms with E-state index in [-0.39, 0.29) is 0 Å². The second-order valence-corrected chi connectivity index (χ2v) is 4.64. The number of aromatic nitrogens is 2. The zero-order chi connectivity index (χ0) is 12.4. The van der Waals surface area contributed by atoms with Crippen molar-refractivity contribution in [2.75, 3.05) is 19.8 Å². The smallest absolute Gasteiger partial charge is 0.153 e. The van der Waals surface area contributed by atoms with Crippen LogP contribution in [0, 0.1) is 0 Å². The maximum Gasteiger partial charge on any atom is 0.153 e. The number of nitrogens with two attached hydrogens (primary N) is 1. The summed E-state index contributed by atoms with van der Waals surface area (Å²) in [5.74, 6) is 0.518. The third kappa shape index (κ3) is 2.60. The maximum atomic E-state index is 5.89. The Balaban J connectivity index is 2.43. The molecule has 0 saturated carbocycles. The molecular formula is C12H15ClN4. The van der Waals surface area contributed by atoms with Crippen LogP contribution in [0.25, 0.3) is 11.1 Å². The van der Waals surface area contributed by atoms with Gasteiger partial charge in [-0.2, -0.15) is 5.10 Å². The van der Waals surface area contributed by atoms with E-state index in [0.717, 1.165) is 23.4 Å². The largest absolute Gasteiger partial charge is 0.382 e. The molecule has 0 aliphatic rings. The van der Waals surface area contributed by atoms with E-state index in [4.69, 9.17) is 17.3 Å². The monoisotopic (exact) mass is 250 g/mol. The molecule has 4 nitrogen and oxygen atoms in total. The summed E-state index contributed by atoms with van der Waals surface area (Å²) in [6.45, 7) is 0.766. The van der Waals surface area contributed by atoms with E-state index in [1.807, 2.05) is 38.4 Å². The zero-order valence-corrected chi connectivity index (χ0v) is 10.6. The summed E-state index contributed by atoms with van der Waals surface area (Å²) in [6.07, 6.45) is 0. The SMILES string of the molecule is CN(C)Cc1[nH]nc(N)c1-c1ccc(Cl)cc1. The number of hydrogen-bond donors (Lipinski definition) is 2. The molecule has 0 aliphatic carbocycles. The van der Waals surface area contributed by atoms with E-state index in [1.54, 1.807) is 0 Å². The molecule has 2 aromatic rings. The zero-order valence-electron chi connectivity index (χ0n) is 9.87. The first kappa shape index (κ1) is 12.0. The molecule has 0 saturated heterocycles. The third-order valence-electron chi connectivity index (χ3n) is 2.48. The highest BCUT2D eigenvalue weighted by molar-refractivity contribution is 6.30. The molecule has 0 radical (unpaired) electrons. The van der Waals surface area contributed by atoms with E-state index >= 15 is 0 Å². The lowest BCUT2D eigenvalue weighted by molar-refractivity contribution is 0.397. The molecule has 3 N–H and O–H groups in total. The Morgan fingerprint density at radius 3 is 2.53 bits per heavy atom. The van der Waals surface area contributed by atoms with Crippen molar-refractivity contribution in [2.24, 2.45) is 0 Å². The fraction of sp³-hybridized carbons (Fsp3) is 0.250. The van der Waals surface area contributed by atoms with Crippen LogP contribution in [0.1, 0.15) is 5.69 Å². The van der Waals surface area contributed by atoms with E-state index in [2.05, 4.69) is 15.1 Å². The normalized spacial score (nSPS) is 11.1. The average Bonchev–Trinajstić information content (AvgIpc) is 2.61. The molecule has 1 aromatic carbocycles. The summed E-state index contributed by atoms with van der Waals surface area (Å²) in [5.41, 5.74) is 8.88. The fourth-order valence-electron chi connectivity index (χ4n) is 1.76. The van der Waals surface area contributed by atoms with E-state index in [0.29, 0.717) is 10.8 Å². The summed E-state index contributed by atoms with van der Waals surface area (Å²) < 4.78 is 0. The lowest BCUT2D eigenvalue weighted by Crippen LogP contribution is -2.11. The van der Waals surface area contributed by atoms with Crippen molar-refractivity contribution in [1.82, 2.24) is 15.1 Å². The number of hydrogen-bond acceptors (Lipinski definition) is 3. The summed E-state index contributed by atoms with van der Waals surface area (Å²) in [7, 11) is 4.01. The fourth-order valence-corrected chi connectivity index (χ4v) is 1.89. The molecule has 1 aromatic heterocycles. The Hall–Kier alpha value is -1.52.